The molecule has 0 saturated heterocycles. The predicted octanol–water partition coefficient (Wildman–Crippen LogP) is 8.43. The molecule has 126 valence electrons. The highest BCUT2D eigenvalue weighted by molar-refractivity contribution is 14.1. The number of hydrogen-bond donors (Lipinski definition) is 0. The van der Waals surface area contributed by atoms with Crippen LogP contribution >= 0.6 is 50.1 Å². The number of benzene rings is 4. The lowest BCUT2D eigenvalue weighted by molar-refractivity contribution is 0.669. The fraction of sp³-hybridized carbons (Fsp3) is 0. The Balaban J connectivity index is 1.97. The number of halogens is 3. The smallest absolute Gasteiger partial charge is 0.136 e. The summed E-state index contributed by atoms with van der Waals surface area (Å²) >= 11 is 12.2. The third-order valence-electron chi connectivity index (χ3n) is 4.66. The van der Waals surface area contributed by atoms with Crippen molar-refractivity contribution in [2.24, 2.45) is 0 Å². The van der Waals surface area contributed by atoms with Crippen LogP contribution in [0.2, 0.25) is 5.02 Å². The zero-order chi connectivity index (χ0) is 17.8. The van der Waals surface area contributed by atoms with Crippen molar-refractivity contribution >= 4 is 82.8 Å². The Hall–Kier alpha value is -1.56. The number of furan rings is 1. The molecule has 0 radical (unpaired) electrons. The minimum Gasteiger partial charge on any atom is -0.456 e. The molecule has 0 aliphatic rings. The molecule has 0 fully saturated rings. The van der Waals surface area contributed by atoms with Gasteiger partial charge in [0.1, 0.15) is 11.2 Å². The summed E-state index contributed by atoms with van der Waals surface area (Å²) in [4.78, 5) is 0. The molecule has 1 aromatic heterocycles. The fourth-order valence-electron chi connectivity index (χ4n) is 3.55. The molecule has 0 amide bonds. The second-order valence-electron chi connectivity index (χ2n) is 6.21. The van der Waals surface area contributed by atoms with Crippen LogP contribution in [0.1, 0.15) is 0 Å². The molecule has 4 heteroatoms. The molecule has 0 atom stereocenters. The van der Waals surface area contributed by atoms with Crippen LogP contribution in [-0.4, -0.2) is 0 Å². The lowest BCUT2D eigenvalue weighted by atomic mass is 9.95. The van der Waals surface area contributed by atoms with Gasteiger partial charge in [-0.15, -0.1) is 0 Å². The highest BCUT2D eigenvalue weighted by Gasteiger charge is 2.17. The first kappa shape index (κ1) is 16.6. The van der Waals surface area contributed by atoms with E-state index < -0.39 is 0 Å². The summed E-state index contributed by atoms with van der Waals surface area (Å²) in [6, 6.07) is 22.7. The summed E-state index contributed by atoms with van der Waals surface area (Å²) in [5, 5.41) is 5.34. The Morgan fingerprint density at radius 2 is 1.69 bits per heavy atom. The second-order valence-corrected chi connectivity index (χ2v) is 8.72. The molecule has 0 spiro atoms. The van der Waals surface area contributed by atoms with Gasteiger partial charge in [-0.2, -0.15) is 0 Å². The zero-order valence-electron chi connectivity index (χ0n) is 13.4. The zero-order valence-corrected chi connectivity index (χ0v) is 17.9. The van der Waals surface area contributed by atoms with Crippen LogP contribution in [0.5, 0.6) is 0 Å². The van der Waals surface area contributed by atoms with Crippen LogP contribution in [-0.2, 0) is 0 Å². The van der Waals surface area contributed by atoms with E-state index in [9.17, 15) is 0 Å². The van der Waals surface area contributed by atoms with Crippen molar-refractivity contribution in [2.45, 2.75) is 0 Å². The Bertz CT molecular complexity index is 1320. The molecule has 0 N–H and O–H groups in total. The number of hydrogen-bond acceptors (Lipinski definition) is 1. The van der Waals surface area contributed by atoms with E-state index in [1.807, 2.05) is 24.3 Å². The summed E-state index contributed by atoms with van der Waals surface area (Å²) in [5.41, 5.74) is 4.19. The maximum absolute atomic E-state index is 6.20. The predicted molar refractivity (Wildman–Crippen MR) is 122 cm³/mol. The molecule has 1 nitrogen and oxygen atoms in total. The van der Waals surface area contributed by atoms with E-state index in [-0.39, 0.29) is 0 Å². The van der Waals surface area contributed by atoms with E-state index >= 15 is 0 Å². The summed E-state index contributed by atoms with van der Waals surface area (Å²) in [5.74, 6) is 0. The van der Waals surface area contributed by atoms with Gasteiger partial charge in [-0.25, -0.2) is 0 Å². The Labute approximate surface area is 177 Å². The van der Waals surface area contributed by atoms with Gasteiger partial charge >= 0.3 is 0 Å². The first-order valence-electron chi connectivity index (χ1n) is 8.11. The quantitative estimate of drug-likeness (QED) is 0.197. The van der Waals surface area contributed by atoms with Crippen molar-refractivity contribution in [1.29, 1.82) is 0 Å². The van der Waals surface area contributed by atoms with Crippen molar-refractivity contribution in [3.05, 3.63) is 79.8 Å². The lowest BCUT2D eigenvalue weighted by Gasteiger charge is -2.11. The minimum absolute atomic E-state index is 0.750. The summed E-state index contributed by atoms with van der Waals surface area (Å²) < 4.78 is 8.35. The number of fused-ring (bicyclic) bond motifs is 4. The van der Waals surface area contributed by atoms with Gasteiger partial charge in [0.2, 0.25) is 0 Å². The maximum atomic E-state index is 6.20. The fourth-order valence-corrected chi connectivity index (χ4v) is 4.83. The van der Waals surface area contributed by atoms with Gasteiger partial charge in [0.25, 0.3) is 0 Å². The van der Waals surface area contributed by atoms with Crippen molar-refractivity contribution in [3.63, 3.8) is 0 Å². The van der Waals surface area contributed by atoms with Gasteiger partial charge in [0.15, 0.2) is 0 Å². The van der Waals surface area contributed by atoms with Gasteiger partial charge in [-0.1, -0.05) is 51.8 Å². The summed E-state index contributed by atoms with van der Waals surface area (Å²) in [6.45, 7) is 0. The molecule has 5 aromatic rings. The van der Waals surface area contributed by atoms with E-state index in [1.54, 1.807) is 0 Å². The van der Waals surface area contributed by atoms with E-state index in [1.165, 1.54) is 20.1 Å². The molecule has 0 bridgehead atoms. The average molecular weight is 534 g/mol. The Morgan fingerprint density at radius 3 is 2.58 bits per heavy atom. The molecule has 1 heterocycles. The van der Waals surface area contributed by atoms with Crippen molar-refractivity contribution < 1.29 is 4.42 Å². The third kappa shape index (κ3) is 2.56. The molecule has 5 rings (SSSR count). The lowest BCUT2D eigenvalue weighted by Crippen LogP contribution is -1.87. The first-order chi connectivity index (χ1) is 12.6. The highest BCUT2D eigenvalue weighted by atomic mass is 127. The first-order valence-corrected chi connectivity index (χ1v) is 10.4. The van der Waals surface area contributed by atoms with Crippen molar-refractivity contribution in [3.8, 4) is 11.1 Å². The van der Waals surface area contributed by atoms with Gasteiger partial charge in [-0.3, -0.25) is 0 Å². The van der Waals surface area contributed by atoms with E-state index in [4.69, 9.17) is 16.0 Å². The molecule has 0 aliphatic heterocycles. The molecule has 0 unspecified atom stereocenters. The molecule has 26 heavy (non-hydrogen) atoms. The third-order valence-corrected chi connectivity index (χ3v) is 6.29. The van der Waals surface area contributed by atoms with Crippen LogP contribution in [0.4, 0.5) is 0 Å². The monoisotopic (exact) mass is 532 g/mol. The van der Waals surface area contributed by atoms with Crippen LogP contribution in [0, 0.1) is 3.57 Å². The molecule has 0 saturated carbocycles. The number of rotatable bonds is 1. The van der Waals surface area contributed by atoms with Gasteiger partial charge in [0, 0.05) is 29.4 Å². The maximum Gasteiger partial charge on any atom is 0.136 e. The molecule has 4 aromatic carbocycles. The molecule has 0 aliphatic carbocycles. The van der Waals surface area contributed by atoms with Gasteiger partial charge in [-0.05, 0) is 81.4 Å². The standard InChI is InChI=1S/C22H11BrClIO/c23-13-4-8-19-17(11-13)22-20(26-19)9-7-18(25)21(22)16-3-1-2-12-10-14(24)5-6-15(12)16/h1-11H. The van der Waals surface area contributed by atoms with Gasteiger partial charge in [0.05, 0.1) is 0 Å². The SMILES string of the molecule is Clc1ccc2c(-c3c(I)ccc4oc5ccc(Br)cc5c34)cccc2c1. The van der Waals surface area contributed by atoms with Crippen molar-refractivity contribution in [1.82, 2.24) is 0 Å². The largest absolute Gasteiger partial charge is 0.456 e. The highest BCUT2D eigenvalue weighted by Crippen LogP contribution is 2.42. The molecular formula is C22H11BrClIO. The average Bonchev–Trinajstić information content (AvgIpc) is 2.99. The minimum atomic E-state index is 0.750. The van der Waals surface area contributed by atoms with Crippen LogP contribution in [0.25, 0.3) is 43.8 Å². The molecular weight excluding hydrogens is 523 g/mol. The van der Waals surface area contributed by atoms with Crippen LogP contribution in [0.15, 0.2) is 75.6 Å². The summed E-state index contributed by atoms with van der Waals surface area (Å²) in [7, 11) is 0. The van der Waals surface area contributed by atoms with Crippen LogP contribution in [0.3, 0.4) is 0 Å². The Morgan fingerprint density at radius 1 is 0.846 bits per heavy atom. The topological polar surface area (TPSA) is 13.1 Å². The van der Waals surface area contributed by atoms with E-state index in [0.717, 1.165) is 36.8 Å². The second kappa shape index (κ2) is 6.25. The van der Waals surface area contributed by atoms with E-state index in [2.05, 4.69) is 81.0 Å². The van der Waals surface area contributed by atoms with Crippen LogP contribution < -0.4 is 0 Å². The summed E-state index contributed by atoms with van der Waals surface area (Å²) in [6.07, 6.45) is 0. The normalized spacial score (nSPS) is 11.7. The Kier molecular flexibility index (Phi) is 3.99. The van der Waals surface area contributed by atoms with Crippen molar-refractivity contribution in [2.75, 3.05) is 0 Å². The van der Waals surface area contributed by atoms with E-state index in [0.29, 0.717) is 0 Å². The van der Waals surface area contributed by atoms with Gasteiger partial charge < -0.3 is 4.42 Å².